The molecule has 2 N–H and O–H groups in total. The summed E-state index contributed by atoms with van der Waals surface area (Å²) < 4.78 is 4.89. The minimum atomic E-state index is -0.191. The van der Waals surface area contributed by atoms with Gasteiger partial charge in [-0.2, -0.15) is 0 Å². The van der Waals surface area contributed by atoms with Gasteiger partial charge in [-0.1, -0.05) is 32.6 Å². The molecule has 0 aliphatic heterocycles. The Kier molecular flexibility index (Phi) is 10.9. The number of aliphatic hydroxyl groups is 1. The highest BCUT2D eigenvalue weighted by Gasteiger charge is 2.02. The SMILES string of the molecule is CCCCCCC(O)CNCCOC. The summed E-state index contributed by atoms with van der Waals surface area (Å²) in [6, 6.07) is 0. The van der Waals surface area contributed by atoms with Crippen LogP contribution in [-0.2, 0) is 4.74 Å². The molecule has 14 heavy (non-hydrogen) atoms. The van der Waals surface area contributed by atoms with Gasteiger partial charge in [-0.05, 0) is 6.42 Å². The second-order valence-corrected chi connectivity index (χ2v) is 3.70. The molecule has 0 saturated carbocycles. The lowest BCUT2D eigenvalue weighted by Crippen LogP contribution is -2.29. The second-order valence-electron chi connectivity index (χ2n) is 3.70. The number of unbranched alkanes of at least 4 members (excludes halogenated alkanes) is 3. The van der Waals surface area contributed by atoms with Crippen LogP contribution in [0.1, 0.15) is 39.0 Å². The number of aliphatic hydroxyl groups excluding tert-OH is 1. The minimum absolute atomic E-state index is 0.191. The first-order valence-corrected chi connectivity index (χ1v) is 5.69. The number of nitrogens with one attached hydrogen (secondary N) is 1. The lowest BCUT2D eigenvalue weighted by atomic mass is 10.1. The van der Waals surface area contributed by atoms with Gasteiger partial charge in [0.15, 0.2) is 0 Å². The van der Waals surface area contributed by atoms with Crippen LogP contribution in [0.3, 0.4) is 0 Å². The predicted octanol–water partition coefficient (Wildman–Crippen LogP) is 1.55. The van der Waals surface area contributed by atoms with Gasteiger partial charge in [0.1, 0.15) is 0 Å². The van der Waals surface area contributed by atoms with Crippen molar-refractivity contribution >= 4 is 0 Å². The molecule has 0 aliphatic rings. The number of methoxy groups -OCH3 is 1. The number of ether oxygens (including phenoxy) is 1. The number of hydrogen-bond donors (Lipinski definition) is 2. The Bertz CT molecular complexity index is 97.5. The molecule has 0 rings (SSSR count). The molecule has 0 fully saturated rings. The summed E-state index contributed by atoms with van der Waals surface area (Å²) in [6.07, 6.45) is 5.64. The molecule has 3 nitrogen and oxygen atoms in total. The highest BCUT2D eigenvalue weighted by atomic mass is 16.5. The van der Waals surface area contributed by atoms with Gasteiger partial charge in [-0.25, -0.2) is 0 Å². The molecule has 0 radical (unpaired) electrons. The highest BCUT2D eigenvalue weighted by Crippen LogP contribution is 2.04. The first-order valence-electron chi connectivity index (χ1n) is 5.69. The Morgan fingerprint density at radius 1 is 1.29 bits per heavy atom. The van der Waals surface area contributed by atoms with E-state index in [-0.39, 0.29) is 6.10 Å². The molecular weight excluding hydrogens is 178 g/mol. The topological polar surface area (TPSA) is 41.5 Å². The molecule has 0 saturated heterocycles. The van der Waals surface area contributed by atoms with Gasteiger partial charge in [0, 0.05) is 20.2 Å². The monoisotopic (exact) mass is 203 g/mol. The smallest absolute Gasteiger partial charge is 0.0664 e. The Morgan fingerprint density at radius 3 is 2.71 bits per heavy atom. The van der Waals surface area contributed by atoms with E-state index in [1.807, 2.05) is 0 Å². The zero-order chi connectivity index (χ0) is 10.6. The van der Waals surface area contributed by atoms with Crippen molar-refractivity contribution in [2.24, 2.45) is 0 Å². The van der Waals surface area contributed by atoms with Crippen LogP contribution < -0.4 is 5.32 Å². The largest absolute Gasteiger partial charge is 0.392 e. The fourth-order valence-electron chi connectivity index (χ4n) is 1.35. The molecule has 0 spiro atoms. The maximum atomic E-state index is 9.54. The van der Waals surface area contributed by atoms with Crippen molar-refractivity contribution in [3.8, 4) is 0 Å². The molecule has 1 unspecified atom stereocenters. The molecule has 0 aliphatic carbocycles. The quantitative estimate of drug-likeness (QED) is 0.529. The first-order chi connectivity index (χ1) is 6.81. The van der Waals surface area contributed by atoms with Crippen molar-refractivity contribution < 1.29 is 9.84 Å². The molecule has 3 heteroatoms. The van der Waals surface area contributed by atoms with Gasteiger partial charge in [0.05, 0.1) is 12.7 Å². The molecule has 0 aromatic heterocycles. The normalized spacial score (nSPS) is 13.1. The van der Waals surface area contributed by atoms with Crippen molar-refractivity contribution in [3.05, 3.63) is 0 Å². The third kappa shape index (κ3) is 9.96. The van der Waals surface area contributed by atoms with Gasteiger partial charge < -0.3 is 15.2 Å². The van der Waals surface area contributed by atoms with Crippen LogP contribution in [0.4, 0.5) is 0 Å². The summed E-state index contributed by atoms with van der Waals surface area (Å²) in [5, 5.41) is 12.7. The van der Waals surface area contributed by atoms with E-state index in [1.165, 1.54) is 19.3 Å². The first kappa shape index (κ1) is 13.9. The van der Waals surface area contributed by atoms with Crippen LogP contribution in [0.2, 0.25) is 0 Å². The standard InChI is InChI=1S/C11H25NO2/c1-3-4-5-6-7-11(13)10-12-8-9-14-2/h11-13H,3-10H2,1-2H3. The average molecular weight is 203 g/mol. The predicted molar refractivity (Wildman–Crippen MR) is 59.5 cm³/mol. The summed E-state index contributed by atoms with van der Waals surface area (Å²) >= 11 is 0. The fraction of sp³-hybridized carbons (Fsp3) is 1.00. The molecule has 0 heterocycles. The number of hydrogen-bond acceptors (Lipinski definition) is 3. The summed E-state index contributed by atoms with van der Waals surface area (Å²) in [6.45, 7) is 4.42. The van der Waals surface area contributed by atoms with Gasteiger partial charge in [0.2, 0.25) is 0 Å². The summed E-state index contributed by atoms with van der Waals surface area (Å²) in [5.74, 6) is 0. The Labute approximate surface area is 87.8 Å². The van der Waals surface area contributed by atoms with E-state index in [0.29, 0.717) is 13.2 Å². The maximum absolute atomic E-state index is 9.54. The number of rotatable bonds is 10. The third-order valence-corrected chi connectivity index (χ3v) is 2.25. The van der Waals surface area contributed by atoms with E-state index in [9.17, 15) is 5.11 Å². The zero-order valence-corrected chi connectivity index (χ0v) is 9.59. The summed E-state index contributed by atoms with van der Waals surface area (Å²) in [5.41, 5.74) is 0. The van der Waals surface area contributed by atoms with Crippen molar-refractivity contribution in [1.29, 1.82) is 0 Å². The lowest BCUT2D eigenvalue weighted by Gasteiger charge is -2.11. The van der Waals surface area contributed by atoms with Gasteiger partial charge in [0.25, 0.3) is 0 Å². The molecule has 0 aromatic rings. The molecule has 1 atom stereocenters. The summed E-state index contributed by atoms with van der Waals surface area (Å²) in [7, 11) is 1.68. The van der Waals surface area contributed by atoms with Gasteiger partial charge >= 0.3 is 0 Å². The van der Waals surface area contributed by atoms with Crippen molar-refractivity contribution in [1.82, 2.24) is 5.32 Å². The van der Waals surface area contributed by atoms with E-state index in [1.54, 1.807) is 7.11 Å². The van der Waals surface area contributed by atoms with Crippen LogP contribution in [0, 0.1) is 0 Å². The summed E-state index contributed by atoms with van der Waals surface area (Å²) in [4.78, 5) is 0. The fourth-order valence-corrected chi connectivity index (χ4v) is 1.35. The van der Waals surface area contributed by atoms with E-state index in [4.69, 9.17) is 4.74 Å². The molecule has 86 valence electrons. The van der Waals surface area contributed by atoms with E-state index >= 15 is 0 Å². The van der Waals surface area contributed by atoms with Crippen LogP contribution in [0.5, 0.6) is 0 Å². The van der Waals surface area contributed by atoms with Crippen LogP contribution in [-0.4, -0.2) is 38.0 Å². The molecule has 0 amide bonds. The average Bonchev–Trinajstić information content (AvgIpc) is 2.19. The Morgan fingerprint density at radius 2 is 2.07 bits per heavy atom. The van der Waals surface area contributed by atoms with Crippen molar-refractivity contribution in [2.75, 3.05) is 26.8 Å². The molecular formula is C11H25NO2. The van der Waals surface area contributed by atoms with Crippen molar-refractivity contribution in [3.63, 3.8) is 0 Å². The Balaban J connectivity index is 3.07. The minimum Gasteiger partial charge on any atom is -0.392 e. The lowest BCUT2D eigenvalue weighted by molar-refractivity contribution is 0.149. The highest BCUT2D eigenvalue weighted by molar-refractivity contribution is 4.59. The van der Waals surface area contributed by atoms with Crippen molar-refractivity contribution in [2.45, 2.75) is 45.1 Å². The maximum Gasteiger partial charge on any atom is 0.0664 e. The third-order valence-electron chi connectivity index (χ3n) is 2.25. The van der Waals surface area contributed by atoms with Gasteiger partial charge in [-0.15, -0.1) is 0 Å². The second kappa shape index (κ2) is 11.0. The molecule has 0 aromatic carbocycles. The van der Waals surface area contributed by atoms with E-state index in [0.717, 1.165) is 19.4 Å². The van der Waals surface area contributed by atoms with Crippen LogP contribution >= 0.6 is 0 Å². The van der Waals surface area contributed by atoms with Crippen LogP contribution in [0.15, 0.2) is 0 Å². The molecule has 0 bridgehead atoms. The van der Waals surface area contributed by atoms with E-state index in [2.05, 4.69) is 12.2 Å². The zero-order valence-electron chi connectivity index (χ0n) is 9.59. The van der Waals surface area contributed by atoms with E-state index < -0.39 is 0 Å². The van der Waals surface area contributed by atoms with Crippen LogP contribution in [0.25, 0.3) is 0 Å². The van der Waals surface area contributed by atoms with Gasteiger partial charge in [-0.3, -0.25) is 0 Å². The Hall–Kier alpha value is -0.120.